The Morgan fingerprint density at radius 2 is 1.88 bits per heavy atom. The summed E-state index contributed by atoms with van der Waals surface area (Å²) in [5, 5.41) is 5.08. The van der Waals surface area contributed by atoms with Crippen LogP contribution >= 0.6 is 11.6 Å². The number of anilines is 1. The molecule has 0 fully saturated rings. The van der Waals surface area contributed by atoms with Gasteiger partial charge in [-0.1, -0.05) is 48.9 Å². The average molecular weight is 369 g/mol. The maximum absolute atomic E-state index is 12.5. The first kappa shape index (κ1) is 17.9. The fourth-order valence-electron chi connectivity index (χ4n) is 2.54. The minimum absolute atomic E-state index is 0.188. The van der Waals surface area contributed by atoms with Crippen molar-refractivity contribution in [3.8, 4) is 0 Å². The number of hydrogen-bond acceptors (Lipinski definition) is 4. The summed E-state index contributed by atoms with van der Waals surface area (Å²) in [7, 11) is 0. The van der Waals surface area contributed by atoms with Gasteiger partial charge in [-0.25, -0.2) is 9.78 Å². The fourth-order valence-corrected chi connectivity index (χ4v) is 2.71. The van der Waals surface area contributed by atoms with Crippen LogP contribution in [-0.2, 0) is 9.53 Å². The van der Waals surface area contributed by atoms with Gasteiger partial charge in [0.25, 0.3) is 5.91 Å². The highest BCUT2D eigenvalue weighted by Crippen LogP contribution is 2.19. The molecule has 0 spiro atoms. The number of ether oxygens (including phenoxy) is 1. The maximum Gasteiger partial charge on any atom is 0.339 e. The summed E-state index contributed by atoms with van der Waals surface area (Å²) < 4.78 is 5.32. The maximum atomic E-state index is 12.5. The van der Waals surface area contributed by atoms with Gasteiger partial charge in [-0.05, 0) is 41.5 Å². The molecule has 1 amide bonds. The molecule has 1 unspecified atom stereocenters. The number of aromatic nitrogens is 1. The molecule has 2 aromatic carbocycles. The Balaban J connectivity index is 1.70. The summed E-state index contributed by atoms with van der Waals surface area (Å²) in [5.41, 5.74) is 0.900. The Labute approximate surface area is 156 Å². The van der Waals surface area contributed by atoms with Crippen molar-refractivity contribution < 1.29 is 14.3 Å². The molecular formula is C20H17ClN2O3. The number of carbonyl (C=O) groups is 2. The third-order valence-corrected chi connectivity index (χ3v) is 4.10. The topological polar surface area (TPSA) is 68.3 Å². The molecule has 0 radical (unpaired) electrons. The van der Waals surface area contributed by atoms with E-state index in [2.05, 4.69) is 10.3 Å². The second kappa shape index (κ2) is 7.97. The number of halogens is 1. The second-order valence-corrected chi connectivity index (χ2v) is 6.11. The van der Waals surface area contributed by atoms with Gasteiger partial charge in [0.2, 0.25) is 0 Å². The molecule has 1 N–H and O–H groups in total. The van der Waals surface area contributed by atoms with Crippen molar-refractivity contribution in [1.29, 1.82) is 0 Å². The molecule has 5 nitrogen and oxygen atoms in total. The van der Waals surface area contributed by atoms with Crippen LogP contribution in [0.5, 0.6) is 0 Å². The number of nitrogens with zero attached hydrogens (tertiary/aromatic N) is 1. The van der Waals surface area contributed by atoms with Crippen molar-refractivity contribution in [3.63, 3.8) is 0 Å². The van der Waals surface area contributed by atoms with E-state index < -0.39 is 12.1 Å². The van der Waals surface area contributed by atoms with E-state index in [9.17, 15) is 9.59 Å². The lowest BCUT2D eigenvalue weighted by Crippen LogP contribution is -2.32. The van der Waals surface area contributed by atoms with Crippen LogP contribution in [0.4, 0.5) is 5.69 Å². The third kappa shape index (κ3) is 4.18. The standard InChI is InChI=1S/C20H17ClN2O3/c1-2-17(26-20(25)15-9-10-22-18(21)12-15)19(24)23-16-8-7-13-5-3-4-6-14(13)11-16/h3-12,17H,2H2,1H3,(H,23,24). The number of hydrogen-bond donors (Lipinski definition) is 1. The normalized spacial score (nSPS) is 11.8. The monoisotopic (exact) mass is 368 g/mol. The first-order chi connectivity index (χ1) is 12.6. The summed E-state index contributed by atoms with van der Waals surface area (Å²) >= 11 is 5.78. The first-order valence-corrected chi connectivity index (χ1v) is 8.57. The first-order valence-electron chi connectivity index (χ1n) is 8.19. The number of amides is 1. The van der Waals surface area contributed by atoms with Gasteiger partial charge < -0.3 is 10.1 Å². The van der Waals surface area contributed by atoms with Gasteiger partial charge in [-0.3, -0.25) is 4.79 Å². The molecule has 132 valence electrons. The van der Waals surface area contributed by atoms with Gasteiger partial charge in [-0.2, -0.15) is 0 Å². The van der Waals surface area contributed by atoms with Crippen molar-refractivity contribution in [2.45, 2.75) is 19.4 Å². The number of nitrogens with one attached hydrogen (secondary N) is 1. The molecule has 0 bridgehead atoms. The molecule has 1 heterocycles. The molecule has 0 saturated carbocycles. The minimum Gasteiger partial charge on any atom is -0.449 e. The summed E-state index contributed by atoms with van der Waals surface area (Å²) in [4.78, 5) is 28.5. The Hall–Kier alpha value is -2.92. The SMILES string of the molecule is CCC(OC(=O)c1ccnc(Cl)c1)C(=O)Nc1ccc2ccccc2c1. The van der Waals surface area contributed by atoms with E-state index in [1.807, 2.05) is 42.5 Å². The number of esters is 1. The summed E-state index contributed by atoms with van der Waals surface area (Å²) in [6, 6.07) is 16.4. The van der Waals surface area contributed by atoms with Gasteiger partial charge in [0.15, 0.2) is 6.10 Å². The predicted octanol–water partition coefficient (Wildman–Crippen LogP) is 4.46. The second-order valence-electron chi connectivity index (χ2n) is 5.72. The van der Waals surface area contributed by atoms with Gasteiger partial charge >= 0.3 is 5.97 Å². The highest BCUT2D eigenvalue weighted by Gasteiger charge is 2.22. The molecule has 0 saturated heterocycles. The van der Waals surface area contributed by atoms with E-state index in [4.69, 9.17) is 16.3 Å². The quantitative estimate of drug-likeness (QED) is 0.533. The van der Waals surface area contributed by atoms with Crippen LogP contribution in [-0.4, -0.2) is 23.0 Å². The van der Waals surface area contributed by atoms with Crippen LogP contribution < -0.4 is 5.32 Å². The van der Waals surface area contributed by atoms with Crippen molar-refractivity contribution in [2.75, 3.05) is 5.32 Å². The average Bonchev–Trinajstić information content (AvgIpc) is 2.65. The Bertz CT molecular complexity index is 958. The van der Waals surface area contributed by atoms with Crippen molar-refractivity contribution >= 4 is 39.9 Å². The summed E-state index contributed by atoms with van der Waals surface area (Å²) in [6.07, 6.45) is 0.861. The molecule has 6 heteroatoms. The van der Waals surface area contributed by atoms with E-state index >= 15 is 0 Å². The number of benzene rings is 2. The zero-order valence-electron chi connectivity index (χ0n) is 14.1. The number of fused-ring (bicyclic) bond motifs is 1. The predicted molar refractivity (Wildman–Crippen MR) is 101 cm³/mol. The van der Waals surface area contributed by atoms with Gasteiger partial charge in [-0.15, -0.1) is 0 Å². The van der Waals surface area contributed by atoms with Crippen molar-refractivity contribution in [1.82, 2.24) is 4.98 Å². The highest BCUT2D eigenvalue weighted by molar-refractivity contribution is 6.29. The lowest BCUT2D eigenvalue weighted by atomic mass is 10.1. The molecule has 1 aromatic heterocycles. The molecular weight excluding hydrogens is 352 g/mol. The molecule has 3 rings (SSSR count). The van der Waals surface area contributed by atoms with Crippen LogP contribution in [0.1, 0.15) is 23.7 Å². The van der Waals surface area contributed by atoms with Gasteiger partial charge in [0.1, 0.15) is 5.15 Å². The molecule has 26 heavy (non-hydrogen) atoms. The number of carbonyl (C=O) groups excluding carboxylic acids is 2. The van der Waals surface area contributed by atoms with Crippen LogP contribution in [0.3, 0.4) is 0 Å². The van der Waals surface area contributed by atoms with Gasteiger partial charge in [0.05, 0.1) is 5.56 Å². The third-order valence-electron chi connectivity index (χ3n) is 3.89. The van der Waals surface area contributed by atoms with E-state index in [1.54, 1.807) is 6.92 Å². The van der Waals surface area contributed by atoms with Crippen LogP contribution in [0.15, 0.2) is 60.8 Å². The largest absolute Gasteiger partial charge is 0.449 e. The molecule has 0 aliphatic rings. The Morgan fingerprint density at radius 3 is 2.62 bits per heavy atom. The molecule has 0 aliphatic carbocycles. The zero-order chi connectivity index (χ0) is 18.5. The zero-order valence-corrected chi connectivity index (χ0v) is 14.9. The van der Waals surface area contributed by atoms with Crippen LogP contribution in [0.25, 0.3) is 10.8 Å². The number of rotatable bonds is 5. The fraction of sp³-hybridized carbons (Fsp3) is 0.150. The van der Waals surface area contributed by atoms with Crippen LogP contribution in [0.2, 0.25) is 5.15 Å². The van der Waals surface area contributed by atoms with E-state index in [1.165, 1.54) is 18.3 Å². The van der Waals surface area contributed by atoms with Crippen molar-refractivity contribution in [3.05, 3.63) is 71.5 Å². The van der Waals surface area contributed by atoms with Crippen LogP contribution in [0, 0.1) is 0 Å². The Kier molecular flexibility index (Phi) is 5.49. The molecule has 1 atom stereocenters. The smallest absolute Gasteiger partial charge is 0.339 e. The number of pyridine rings is 1. The minimum atomic E-state index is -0.902. The van der Waals surface area contributed by atoms with Crippen molar-refractivity contribution in [2.24, 2.45) is 0 Å². The molecule has 3 aromatic rings. The van der Waals surface area contributed by atoms with E-state index in [-0.39, 0.29) is 16.6 Å². The molecule has 0 aliphatic heterocycles. The van der Waals surface area contributed by atoms with Gasteiger partial charge in [0, 0.05) is 11.9 Å². The van der Waals surface area contributed by atoms with E-state index in [0.29, 0.717) is 12.1 Å². The summed E-state index contributed by atoms with van der Waals surface area (Å²) in [6.45, 7) is 1.78. The highest BCUT2D eigenvalue weighted by atomic mass is 35.5. The lowest BCUT2D eigenvalue weighted by Gasteiger charge is -2.16. The lowest BCUT2D eigenvalue weighted by molar-refractivity contribution is -0.124. The Morgan fingerprint density at radius 1 is 1.12 bits per heavy atom. The summed E-state index contributed by atoms with van der Waals surface area (Å²) in [5.74, 6) is -0.994. The van der Waals surface area contributed by atoms with E-state index in [0.717, 1.165) is 10.8 Å².